The van der Waals surface area contributed by atoms with Gasteiger partial charge in [-0.2, -0.15) is 5.10 Å². The molecule has 0 saturated carbocycles. The van der Waals surface area contributed by atoms with E-state index in [0.29, 0.717) is 11.6 Å². The summed E-state index contributed by atoms with van der Waals surface area (Å²) in [6, 6.07) is 12.2. The summed E-state index contributed by atoms with van der Waals surface area (Å²) in [5.74, 6) is 1.35. The van der Waals surface area contributed by atoms with Gasteiger partial charge in [-0.15, -0.1) is 0 Å². The van der Waals surface area contributed by atoms with Gasteiger partial charge >= 0.3 is 0 Å². The number of aromatic nitrogens is 3. The minimum atomic E-state index is -0.211. The molecule has 2 aromatic heterocycles. The van der Waals surface area contributed by atoms with Crippen molar-refractivity contribution in [3.8, 4) is 0 Å². The number of nitrogens with zero attached hydrogens (tertiary/aromatic N) is 5. The SMILES string of the molecule is Cc1ccccc1C1c2c(n[nH]c2CC(C)C)C(=O)N1c1ccc(N2CCN(C)CC2)nc1. The first-order valence-electron chi connectivity index (χ1n) is 11.8. The quantitative estimate of drug-likeness (QED) is 0.648. The molecule has 1 N–H and O–H groups in total. The molecule has 1 fully saturated rings. The summed E-state index contributed by atoms with van der Waals surface area (Å²) in [6.07, 6.45) is 2.70. The minimum absolute atomic E-state index is 0.0707. The van der Waals surface area contributed by atoms with Crippen molar-refractivity contribution in [1.82, 2.24) is 20.1 Å². The minimum Gasteiger partial charge on any atom is -0.354 e. The molecule has 1 saturated heterocycles. The molecular formula is C26H32N6O. The summed E-state index contributed by atoms with van der Waals surface area (Å²) in [7, 11) is 2.15. The molecule has 1 amide bonds. The van der Waals surface area contributed by atoms with Crippen molar-refractivity contribution in [2.24, 2.45) is 5.92 Å². The molecule has 4 heterocycles. The van der Waals surface area contributed by atoms with Gasteiger partial charge in [0.15, 0.2) is 5.69 Å². The fraction of sp³-hybridized carbons (Fsp3) is 0.423. The average Bonchev–Trinajstić information content (AvgIpc) is 3.33. The third-order valence-electron chi connectivity index (χ3n) is 6.77. The number of piperazine rings is 1. The Morgan fingerprint density at radius 3 is 2.52 bits per heavy atom. The topological polar surface area (TPSA) is 68.4 Å². The van der Waals surface area contributed by atoms with Crippen LogP contribution >= 0.6 is 0 Å². The van der Waals surface area contributed by atoms with Gasteiger partial charge in [-0.3, -0.25) is 14.8 Å². The first kappa shape index (κ1) is 21.6. The fourth-order valence-electron chi connectivity index (χ4n) is 4.97. The molecule has 1 unspecified atom stereocenters. The van der Waals surface area contributed by atoms with Gasteiger partial charge in [-0.25, -0.2) is 4.98 Å². The van der Waals surface area contributed by atoms with E-state index < -0.39 is 0 Å². The first-order valence-corrected chi connectivity index (χ1v) is 11.8. The van der Waals surface area contributed by atoms with E-state index in [4.69, 9.17) is 4.98 Å². The van der Waals surface area contributed by atoms with Gasteiger partial charge in [-0.05, 0) is 49.6 Å². The predicted molar refractivity (Wildman–Crippen MR) is 131 cm³/mol. The Morgan fingerprint density at radius 2 is 1.85 bits per heavy atom. The van der Waals surface area contributed by atoms with Gasteiger partial charge in [-0.1, -0.05) is 38.1 Å². The molecule has 0 aliphatic carbocycles. The third-order valence-corrected chi connectivity index (χ3v) is 6.77. The van der Waals surface area contributed by atoms with Crippen LogP contribution in [-0.2, 0) is 6.42 Å². The molecule has 2 aliphatic rings. The van der Waals surface area contributed by atoms with Crippen molar-refractivity contribution < 1.29 is 4.79 Å². The number of carbonyl (C=O) groups excluding carboxylic acids is 1. The zero-order valence-corrected chi connectivity index (χ0v) is 19.9. The van der Waals surface area contributed by atoms with Crippen molar-refractivity contribution in [2.45, 2.75) is 33.2 Å². The van der Waals surface area contributed by atoms with Crippen LogP contribution in [0, 0.1) is 12.8 Å². The summed E-state index contributed by atoms with van der Waals surface area (Å²) in [4.78, 5) is 24.9. The van der Waals surface area contributed by atoms with E-state index in [-0.39, 0.29) is 11.9 Å². The van der Waals surface area contributed by atoms with E-state index in [1.807, 2.05) is 35.4 Å². The van der Waals surface area contributed by atoms with Gasteiger partial charge in [0, 0.05) is 37.4 Å². The highest BCUT2D eigenvalue weighted by Crippen LogP contribution is 2.43. The van der Waals surface area contributed by atoms with Crippen LogP contribution in [0.25, 0.3) is 0 Å². The number of aryl methyl sites for hydroxylation is 1. The number of hydrogen-bond donors (Lipinski definition) is 1. The van der Waals surface area contributed by atoms with Crippen LogP contribution in [0.2, 0.25) is 0 Å². The first-order chi connectivity index (χ1) is 15.9. The molecule has 0 radical (unpaired) electrons. The Balaban J connectivity index is 1.54. The molecular weight excluding hydrogens is 412 g/mol. The lowest BCUT2D eigenvalue weighted by Gasteiger charge is -2.33. The van der Waals surface area contributed by atoms with E-state index in [0.717, 1.165) is 66.5 Å². The molecule has 2 aliphatic heterocycles. The summed E-state index contributed by atoms with van der Waals surface area (Å²) >= 11 is 0. The van der Waals surface area contributed by atoms with Gasteiger partial charge in [0.2, 0.25) is 0 Å². The maximum atomic E-state index is 13.6. The second-order valence-electron chi connectivity index (χ2n) is 9.66. The van der Waals surface area contributed by atoms with E-state index in [9.17, 15) is 4.79 Å². The summed E-state index contributed by atoms with van der Waals surface area (Å²) in [5.41, 5.74) is 5.67. The zero-order valence-electron chi connectivity index (χ0n) is 19.9. The number of anilines is 2. The van der Waals surface area contributed by atoms with Gasteiger partial charge in [0.05, 0.1) is 17.9 Å². The number of hydrogen-bond acceptors (Lipinski definition) is 5. The Hall–Kier alpha value is -3.19. The maximum absolute atomic E-state index is 13.6. The second kappa shape index (κ2) is 8.63. The fourth-order valence-corrected chi connectivity index (χ4v) is 4.97. The summed E-state index contributed by atoms with van der Waals surface area (Å²) in [5, 5.41) is 7.62. The lowest BCUT2D eigenvalue weighted by atomic mass is 9.93. The molecule has 7 heteroatoms. The van der Waals surface area contributed by atoms with Crippen LogP contribution in [0.15, 0.2) is 42.6 Å². The highest BCUT2D eigenvalue weighted by Gasteiger charge is 2.43. The van der Waals surface area contributed by atoms with Crippen LogP contribution in [0.1, 0.15) is 52.8 Å². The lowest BCUT2D eigenvalue weighted by Crippen LogP contribution is -2.44. The molecule has 5 rings (SSSR count). The molecule has 0 spiro atoms. The predicted octanol–water partition coefficient (Wildman–Crippen LogP) is 3.81. The number of benzene rings is 1. The summed E-state index contributed by atoms with van der Waals surface area (Å²) < 4.78 is 0. The van der Waals surface area contributed by atoms with Crippen LogP contribution < -0.4 is 9.80 Å². The second-order valence-corrected chi connectivity index (χ2v) is 9.66. The summed E-state index contributed by atoms with van der Waals surface area (Å²) in [6.45, 7) is 10.5. The van der Waals surface area contributed by atoms with Crippen LogP contribution in [-0.4, -0.2) is 59.2 Å². The van der Waals surface area contributed by atoms with Crippen LogP contribution in [0.5, 0.6) is 0 Å². The number of aromatic amines is 1. The number of rotatable bonds is 5. The van der Waals surface area contributed by atoms with E-state index in [2.05, 4.69) is 59.9 Å². The van der Waals surface area contributed by atoms with E-state index in [1.165, 1.54) is 0 Å². The van der Waals surface area contributed by atoms with Crippen molar-refractivity contribution in [3.05, 3.63) is 70.7 Å². The number of fused-ring (bicyclic) bond motifs is 1. The van der Waals surface area contributed by atoms with E-state index in [1.54, 1.807) is 0 Å². The smallest absolute Gasteiger partial charge is 0.280 e. The average molecular weight is 445 g/mol. The molecule has 33 heavy (non-hydrogen) atoms. The molecule has 3 aromatic rings. The largest absolute Gasteiger partial charge is 0.354 e. The Bertz CT molecular complexity index is 1140. The molecule has 172 valence electrons. The lowest BCUT2D eigenvalue weighted by molar-refractivity contribution is 0.0988. The number of nitrogens with one attached hydrogen (secondary N) is 1. The maximum Gasteiger partial charge on any atom is 0.280 e. The highest BCUT2D eigenvalue weighted by atomic mass is 16.2. The van der Waals surface area contributed by atoms with Crippen molar-refractivity contribution in [1.29, 1.82) is 0 Å². The molecule has 1 atom stereocenters. The number of carbonyl (C=O) groups is 1. The van der Waals surface area contributed by atoms with Crippen molar-refractivity contribution >= 4 is 17.4 Å². The normalized spacial score (nSPS) is 18.9. The standard InChI is InChI=1S/C26H32N6O/c1-17(2)15-21-23-24(29-28-21)26(33)32(25(23)20-8-6-5-7-18(20)3)19-9-10-22(27-16-19)31-13-11-30(4)12-14-31/h5-10,16-17,25H,11-15H2,1-4H3,(H,28,29). The van der Waals surface area contributed by atoms with Crippen molar-refractivity contribution in [2.75, 3.05) is 43.0 Å². The Labute approximate surface area is 195 Å². The highest BCUT2D eigenvalue weighted by molar-refractivity contribution is 6.10. The zero-order chi connectivity index (χ0) is 23.1. The van der Waals surface area contributed by atoms with Crippen LogP contribution in [0.4, 0.5) is 11.5 Å². The van der Waals surface area contributed by atoms with Crippen molar-refractivity contribution in [3.63, 3.8) is 0 Å². The third kappa shape index (κ3) is 3.91. The number of pyridine rings is 1. The van der Waals surface area contributed by atoms with Gasteiger partial charge in [0.1, 0.15) is 5.82 Å². The molecule has 0 bridgehead atoms. The molecule has 7 nitrogen and oxygen atoms in total. The molecule has 1 aromatic carbocycles. The number of likely N-dealkylation sites (N-methyl/N-ethyl adjacent to an activating group) is 1. The Kier molecular flexibility index (Phi) is 5.66. The van der Waals surface area contributed by atoms with Gasteiger partial charge < -0.3 is 9.80 Å². The van der Waals surface area contributed by atoms with Crippen LogP contribution in [0.3, 0.4) is 0 Å². The number of amides is 1. The van der Waals surface area contributed by atoms with E-state index >= 15 is 0 Å². The van der Waals surface area contributed by atoms with Gasteiger partial charge in [0.25, 0.3) is 5.91 Å². The Morgan fingerprint density at radius 1 is 1.09 bits per heavy atom. The number of H-pyrrole nitrogens is 1. The monoisotopic (exact) mass is 444 g/mol.